The van der Waals surface area contributed by atoms with E-state index in [0.29, 0.717) is 12.3 Å². The van der Waals surface area contributed by atoms with Gasteiger partial charge in [-0.3, -0.25) is 0 Å². The number of halogens is 3. The van der Waals surface area contributed by atoms with Gasteiger partial charge in [0.1, 0.15) is 0 Å². The molecule has 4 heteroatoms. The van der Waals surface area contributed by atoms with Crippen molar-refractivity contribution >= 4 is 0 Å². The van der Waals surface area contributed by atoms with Gasteiger partial charge in [-0.1, -0.05) is 39.5 Å². The number of unbranched alkanes of at least 4 members (excludes halogenated alkanes) is 1. The monoisotopic (exact) mass is 268 g/mol. The van der Waals surface area contributed by atoms with Crippen molar-refractivity contribution in [2.75, 3.05) is 0 Å². The first-order chi connectivity index (χ1) is 8.20. The summed E-state index contributed by atoms with van der Waals surface area (Å²) in [5.41, 5.74) is -0.959. The van der Waals surface area contributed by atoms with Gasteiger partial charge in [0.05, 0.1) is 5.60 Å². The largest absolute Gasteiger partial charge is 0.390 e. The van der Waals surface area contributed by atoms with Gasteiger partial charge in [-0.25, -0.2) is 0 Å². The van der Waals surface area contributed by atoms with Crippen molar-refractivity contribution < 1.29 is 18.3 Å². The summed E-state index contributed by atoms with van der Waals surface area (Å²) in [5, 5.41) is 10.1. The lowest BCUT2D eigenvalue weighted by molar-refractivity contribution is -0.138. The maximum atomic E-state index is 12.0. The Balaban J connectivity index is 4.03. The van der Waals surface area contributed by atoms with Crippen LogP contribution in [0.25, 0.3) is 0 Å². The van der Waals surface area contributed by atoms with E-state index in [1.165, 1.54) is 0 Å². The van der Waals surface area contributed by atoms with Crippen molar-refractivity contribution in [2.24, 2.45) is 5.92 Å². The lowest BCUT2D eigenvalue weighted by Crippen LogP contribution is -2.28. The molecule has 18 heavy (non-hydrogen) atoms. The van der Waals surface area contributed by atoms with Gasteiger partial charge >= 0.3 is 6.18 Å². The molecule has 0 aliphatic rings. The first-order valence-electron chi connectivity index (χ1n) is 6.99. The van der Waals surface area contributed by atoms with Crippen LogP contribution in [0.3, 0.4) is 0 Å². The van der Waals surface area contributed by atoms with E-state index in [0.717, 1.165) is 25.7 Å². The highest BCUT2D eigenvalue weighted by Crippen LogP contribution is 2.30. The number of aliphatic hydroxyl groups is 1. The lowest BCUT2D eigenvalue weighted by atomic mass is 9.84. The molecule has 0 spiro atoms. The summed E-state index contributed by atoms with van der Waals surface area (Å²) in [6, 6.07) is 0. The van der Waals surface area contributed by atoms with Crippen molar-refractivity contribution in [1.29, 1.82) is 0 Å². The number of hydrogen-bond acceptors (Lipinski definition) is 1. The summed E-state index contributed by atoms with van der Waals surface area (Å²) < 4.78 is 36.1. The second-order valence-corrected chi connectivity index (χ2v) is 5.59. The van der Waals surface area contributed by atoms with Crippen LogP contribution in [0.4, 0.5) is 13.2 Å². The van der Waals surface area contributed by atoms with Gasteiger partial charge in [0.2, 0.25) is 0 Å². The quantitative estimate of drug-likeness (QED) is 0.618. The van der Waals surface area contributed by atoms with Crippen molar-refractivity contribution in [1.82, 2.24) is 0 Å². The molecule has 0 saturated heterocycles. The second-order valence-electron chi connectivity index (χ2n) is 5.59. The molecule has 2 unspecified atom stereocenters. The zero-order chi connectivity index (χ0) is 14.2. The van der Waals surface area contributed by atoms with Gasteiger partial charge in [0.15, 0.2) is 0 Å². The summed E-state index contributed by atoms with van der Waals surface area (Å²) in [7, 11) is 0. The van der Waals surface area contributed by atoms with Crippen LogP contribution in [0.15, 0.2) is 0 Å². The predicted molar refractivity (Wildman–Crippen MR) is 68.5 cm³/mol. The van der Waals surface area contributed by atoms with E-state index < -0.39 is 18.2 Å². The van der Waals surface area contributed by atoms with Crippen LogP contribution in [0.2, 0.25) is 0 Å². The molecule has 0 aromatic carbocycles. The van der Waals surface area contributed by atoms with E-state index in [9.17, 15) is 18.3 Å². The van der Waals surface area contributed by atoms with Crippen LogP contribution in [-0.2, 0) is 0 Å². The first-order valence-corrected chi connectivity index (χ1v) is 6.99. The highest BCUT2D eigenvalue weighted by Gasteiger charge is 2.30. The third-order valence-corrected chi connectivity index (χ3v) is 3.45. The Hall–Kier alpha value is -0.250. The molecule has 0 amide bonds. The molecular formula is C14H27F3O. The highest BCUT2D eigenvalue weighted by molar-refractivity contribution is 4.77. The minimum atomic E-state index is -4.11. The highest BCUT2D eigenvalue weighted by atomic mass is 19.4. The van der Waals surface area contributed by atoms with Crippen molar-refractivity contribution in [3.63, 3.8) is 0 Å². The molecule has 0 aromatic heterocycles. The molecule has 1 nitrogen and oxygen atoms in total. The summed E-state index contributed by atoms with van der Waals surface area (Å²) in [5.74, 6) is 0.422. The molecular weight excluding hydrogens is 241 g/mol. The van der Waals surface area contributed by atoms with Gasteiger partial charge in [-0.05, 0) is 32.1 Å². The van der Waals surface area contributed by atoms with Crippen molar-refractivity contribution in [3.8, 4) is 0 Å². The summed E-state index contributed by atoms with van der Waals surface area (Å²) in [6.07, 6.45) is 0.232. The first kappa shape index (κ1) is 17.8. The topological polar surface area (TPSA) is 20.2 Å². The smallest absolute Gasteiger partial charge is 0.389 e. The minimum absolute atomic E-state index is 0.0146. The van der Waals surface area contributed by atoms with E-state index in [1.807, 2.05) is 0 Å². The SMILES string of the molecule is CCCCC(CC)CC(C)(O)CCCC(F)(F)F. The third kappa shape index (κ3) is 9.75. The molecule has 0 fully saturated rings. The summed E-state index contributed by atoms with van der Waals surface area (Å²) in [4.78, 5) is 0. The number of alkyl halides is 3. The maximum Gasteiger partial charge on any atom is 0.389 e. The van der Waals surface area contributed by atoms with Crippen LogP contribution in [-0.4, -0.2) is 16.9 Å². The molecule has 1 N–H and O–H groups in total. The Kier molecular flexibility index (Phi) is 7.92. The van der Waals surface area contributed by atoms with Gasteiger partial charge in [0.25, 0.3) is 0 Å². The Morgan fingerprint density at radius 2 is 1.67 bits per heavy atom. The molecule has 0 aliphatic heterocycles. The molecule has 2 atom stereocenters. The standard InChI is InChI=1S/C14H27F3O/c1-4-6-8-12(5-2)11-13(3,18)9-7-10-14(15,16)17/h12,18H,4-11H2,1-3H3. The Morgan fingerprint density at radius 1 is 1.06 bits per heavy atom. The fourth-order valence-corrected chi connectivity index (χ4v) is 2.34. The van der Waals surface area contributed by atoms with Crippen LogP contribution >= 0.6 is 0 Å². The molecule has 0 aliphatic carbocycles. The summed E-state index contributed by atoms with van der Waals surface area (Å²) >= 11 is 0. The van der Waals surface area contributed by atoms with E-state index in [2.05, 4.69) is 13.8 Å². The van der Waals surface area contributed by atoms with Crippen molar-refractivity contribution in [2.45, 2.75) is 83.9 Å². The zero-order valence-corrected chi connectivity index (χ0v) is 11.8. The average Bonchev–Trinajstić information content (AvgIpc) is 2.21. The number of rotatable bonds is 9. The molecule has 0 radical (unpaired) electrons. The lowest BCUT2D eigenvalue weighted by Gasteiger charge is -2.28. The van der Waals surface area contributed by atoms with Crippen LogP contribution in [0, 0.1) is 5.92 Å². The number of hydrogen-bond donors (Lipinski definition) is 1. The van der Waals surface area contributed by atoms with Crippen LogP contribution in [0.1, 0.15) is 72.1 Å². The molecule has 0 rings (SSSR count). The molecule has 0 heterocycles. The third-order valence-electron chi connectivity index (χ3n) is 3.45. The van der Waals surface area contributed by atoms with E-state index in [4.69, 9.17) is 0 Å². The fraction of sp³-hybridized carbons (Fsp3) is 1.00. The minimum Gasteiger partial charge on any atom is -0.390 e. The predicted octanol–water partition coefficient (Wildman–Crippen LogP) is 5.08. The van der Waals surface area contributed by atoms with Crippen LogP contribution in [0.5, 0.6) is 0 Å². The second kappa shape index (κ2) is 8.03. The van der Waals surface area contributed by atoms with Crippen LogP contribution < -0.4 is 0 Å². The Labute approximate surface area is 109 Å². The average molecular weight is 268 g/mol. The molecule has 0 saturated carbocycles. The summed E-state index contributed by atoms with van der Waals surface area (Å²) in [6.45, 7) is 5.86. The van der Waals surface area contributed by atoms with Gasteiger partial charge in [0, 0.05) is 6.42 Å². The van der Waals surface area contributed by atoms with Gasteiger partial charge in [-0.2, -0.15) is 13.2 Å². The van der Waals surface area contributed by atoms with Gasteiger partial charge in [-0.15, -0.1) is 0 Å². The van der Waals surface area contributed by atoms with Crippen molar-refractivity contribution in [3.05, 3.63) is 0 Å². The van der Waals surface area contributed by atoms with E-state index >= 15 is 0 Å². The van der Waals surface area contributed by atoms with E-state index in [-0.39, 0.29) is 12.8 Å². The van der Waals surface area contributed by atoms with Gasteiger partial charge < -0.3 is 5.11 Å². The Bertz CT molecular complexity index is 212. The molecule has 0 aromatic rings. The maximum absolute atomic E-state index is 12.0. The van der Waals surface area contributed by atoms with E-state index in [1.54, 1.807) is 6.92 Å². The fourth-order valence-electron chi connectivity index (χ4n) is 2.34. The normalized spacial score (nSPS) is 17.5. The zero-order valence-electron chi connectivity index (χ0n) is 11.8. The Morgan fingerprint density at radius 3 is 2.11 bits per heavy atom. The molecule has 110 valence electrons. The molecule has 0 bridgehead atoms.